The lowest BCUT2D eigenvalue weighted by atomic mass is 10.2. The van der Waals surface area contributed by atoms with E-state index in [4.69, 9.17) is 5.26 Å². The Morgan fingerprint density at radius 3 is 2.75 bits per heavy atom. The van der Waals surface area contributed by atoms with Gasteiger partial charge in [0.1, 0.15) is 0 Å². The van der Waals surface area contributed by atoms with Crippen molar-refractivity contribution in [2.75, 3.05) is 0 Å². The van der Waals surface area contributed by atoms with E-state index in [0.29, 0.717) is 0 Å². The average molecular weight is 195 g/mol. The predicted molar refractivity (Wildman–Crippen MR) is 54.9 cm³/mol. The Balaban J connectivity index is 0.000000213. The molecule has 0 amide bonds. The molecule has 0 fully saturated rings. The molecule has 0 aliphatic carbocycles. The Bertz CT molecular complexity index is 268. The molecule has 3 heteroatoms. The molecule has 1 aliphatic rings. The Morgan fingerprint density at radius 1 is 1.42 bits per heavy atom. The maximum atomic E-state index is 7.32. The van der Waals surface area contributed by atoms with Crippen LogP contribution in [0.3, 0.4) is 0 Å². The van der Waals surface area contributed by atoms with Gasteiger partial charge >= 0.3 is 0 Å². The molecule has 0 N–H and O–H groups in total. The van der Waals surface area contributed by atoms with Crippen molar-refractivity contribution in [2.45, 2.75) is 17.6 Å². The lowest BCUT2D eigenvalue weighted by Crippen LogP contribution is -1.73. The van der Waals surface area contributed by atoms with E-state index >= 15 is 0 Å². The number of fused-ring (bicyclic) bond motifs is 1. The number of hydrogen-bond acceptors (Lipinski definition) is 3. The molecular formula is C9H9NS2. The number of hydrogen-bond donors (Lipinski definition) is 0. The Hall–Kier alpha value is -0.590. The Labute approximate surface area is 80.6 Å². The lowest BCUT2D eigenvalue weighted by Gasteiger charge is -1.90. The smallest absolute Gasteiger partial charge is 0.0587 e. The summed E-state index contributed by atoms with van der Waals surface area (Å²) in [4.78, 5) is 1.45. The quantitative estimate of drug-likeness (QED) is 0.592. The van der Waals surface area contributed by atoms with Crippen LogP contribution >= 0.6 is 21.6 Å². The van der Waals surface area contributed by atoms with Crippen LogP contribution in [0.5, 0.6) is 0 Å². The Morgan fingerprint density at radius 2 is 2.08 bits per heavy atom. The van der Waals surface area contributed by atoms with Crippen LogP contribution in [0.25, 0.3) is 0 Å². The van der Waals surface area contributed by atoms with Gasteiger partial charge in [-0.2, -0.15) is 5.26 Å². The molecule has 12 heavy (non-hydrogen) atoms. The summed E-state index contributed by atoms with van der Waals surface area (Å²) in [5.74, 6) is 1.18. The topological polar surface area (TPSA) is 23.8 Å². The molecule has 62 valence electrons. The van der Waals surface area contributed by atoms with Crippen LogP contribution in [-0.4, -0.2) is 0 Å². The van der Waals surface area contributed by atoms with Crippen molar-refractivity contribution in [1.82, 2.24) is 0 Å². The SMILES string of the molecule is CC#N.c1ccc2c(c1)CSS2. The number of benzene rings is 1. The second-order valence-corrected chi connectivity index (χ2v) is 4.51. The van der Waals surface area contributed by atoms with Gasteiger partial charge in [0.2, 0.25) is 0 Å². The highest BCUT2D eigenvalue weighted by molar-refractivity contribution is 8.76. The molecule has 0 spiro atoms. The van der Waals surface area contributed by atoms with Crippen LogP contribution in [0.4, 0.5) is 0 Å². The normalized spacial score (nSPS) is 12.3. The van der Waals surface area contributed by atoms with Gasteiger partial charge in [0.15, 0.2) is 0 Å². The van der Waals surface area contributed by atoms with Gasteiger partial charge in [-0.1, -0.05) is 39.8 Å². The van der Waals surface area contributed by atoms with Gasteiger partial charge in [0, 0.05) is 17.6 Å². The molecule has 1 nitrogen and oxygen atoms in total. The first-order chi connectivity index (χ1) is 5.88. The zero-order valence-corrected chi connectivity index (χ0v) is 8.41. The first-order valence-corrected chi connectivity index (χ1v) is 5.88. The summed E-state index contributed by atoms with van der Waals surface area (Å²) in [5.41, 5.74) is 1.49. The van der Waals surface area contributed by atoms with Crippen LogP contribution in [-0.2, 0) is 5.75 Å². The first kappa shape index (κ1) is 9.50. The van der Waals surface area contributed by atoms with Crippen LogP contribution in [0.15, 0.2) is 29.2 Å². The minimum absolute atomic E-state index is 1.18. The summed E-state index contributed by atoms with van der Waals surface area (Å²) in [6.07, 6.45) is 0. The highest BCUT2D eigenvalue weighted by atomic mass is 33.1. The third-order valence-corrected chi connectivity index (χ3v) is 3.71. The van der Waals surface area contributed by atoms with E-state index in [0.717, 1.165) is 0 Å². The van der Waals surface area contributed by atoms with Gasteiger partial charge < -0.3 is 0 Å². The molecule has 2 rings (SSSR count). The zero-order chi connectivity index (χ0) is 8.81. The highest BCUT2D eigenvalue weighted by Gasteiger charge is 2.09. The summed E-state index contributed by atoms with van der Waals surface area (Å²) in [6.45, 7) is 1.43. The maximum absolute atomic E-state index is 7.32. The van der Waals surface area contributed by atoms with E-state index in [1.165, 1.54) is 23.1 Å². The van der Waals surface area contributed by atoms with Gasteiger partial charge in [-0.05, 0) is 11.6 Å². The molecule has 0 aromatic heterocycles. The molecule has 1 aromatic carbocycles. The predicted octanol–water partition coefficient (Wildman–Crippen LogP) is 3.47. The van der Waals surface area contributed by atoms with Crippen molar-refractivity contribution >= 4 is 21.6 Å². The zero-order valence-electron chi connectivity index (χ0n) is 6.78. The van der Waals surface area contributed by atoms with Crippen LogP contribution < -0.4 is 0 Å². The van der Waals surface area contributed by atoms with E-state index in [9.17, 15) is 0 Å². The lowest BCUT2D eigenvalue weighted by molar-refractivity contribution is 1.29. The van der Waals surface area contributed by atoms with Crippen LogP contribution in [0.1, 0.15) is 12.5 Å². The van der Waals surface area contributed by atoms with E-state index in [1.807, 2.05) is 21.6 Å². The summed E-state index contributed by atoms with van der Waals surface area (Å²) in [5, 5.41) is 7.32. The fourth-order valence-corrected chi connectivity index (χ4v) is 3.32. The van der Waals surface area contributed by atoms with E-state index in [1.54, 1.807) is 6.07 Å². The highest BCUT2D eigenvalue weighted by Crippen LogP contribution is 2.43. The molecule has 1 heterocycles. The monoisotopic (exact) mass is 195 g/mol. The molecule has 1 aromatic rings. The van der Waals surface area contributed by atoms with Gasteiger partial charge in [-0.3, -0.25) is 0 Å². The van der Waals surface area contributed by atoms with E-state index in [-0.39, 0.29) is 0 Å². The van der Waals surface area contributed by atoms with Crippen molar-refractivity contribution < 1.29 is 0 Å². The minimum atomic E-state index is 1.18. The summed E-state index contributed by atoms with van der Waals surface area (Å²) in [7, 11) is 3.80. The molecule has 0 bridgehead atoms. The third kappa shape index (κ3) is 2.47. The maximum Gasteiger partial charge on any atom is 0.0587 e. The van der Waals surface area contributed by atoms with Crippen molar-refractivity contribution in [3.05, 3.63) is 29.8 Å². The molecule has 0 saturated carbocycles. The molecule has 0 saturated heterocycles. The van der Waals surface area contributed by atoms with Gasteiger partial charge in [-0.15, -0.1) is 0 Å². The molecule has 1 aliphatic heterocycles. The number of rotatable bonds is 0. The second kappa shape index (κ2) is 5.13. The molecule has 0 unspecified atom stereocenters. The van der Waals surface area contributed by atoms with Crippen LogP contribution in [0, 0.1) is 11.3 Å². The standard InChI is InChI=1S/C7H6S2.C2H3N/c1-2-4-7-6(3-1)5-8-9-7;1-2-3/h1-4H,5H2;1H3. The minimum Gasteiger partial charge on any atom is -0.199 e. The summed E-state index contributed by atoms with van der Waals surface area (Å²) < 4.78 is 0. The first-order valence-electron chi connectivity index (χ1n) is 3.56. The van der Waals surface area contributed by atoms with Gasteiger partial charge in [-0.25, -0.2) is 0 Å². The molecule has 0 radical (unpaired) electrons. The van der Waals surface area contributed by atoms with Crippen molar-refractivity contribution in [3.8, 4) is 6.07 Å². The largest absolute Gasteiger partial charge is 0.199 e. The van der Waals surface area contributed by atoms with Gasteiger partial charge in [0.25, 0.3) is 0 Å². The second-order valence-electron chi connectivity index (χ2n) is 2.18. The Kier molecular flexibility index (Phi) is 4.06. The third-order valence-electron chi connectivity index (χ3n) is 1.34. The fourth-order valence-electron chi connectivity index (χ4n) is 0.861. The number of nitriles is 1. The summed E-state index contributed by atoms with van der Waals surface area (Å²) >= 11 is 0. The fraction of sp³-hybridized carbons (Fsp3) is 0.222. The van der Waals surface area contributed by atoms with Crippen molar-refractivity contribution in [1.29, 1.82) is 5.26 Å². The number of nitrogens with zero attached hydrogens (tertiary/aromatic N) is 1. The van der Waals surface area contributed by atoms with Crippen molar-refractivity contribution in [2.24, 2.45) is 0 Å². The van der Waals surface area contributed by atoms with Crippen LogP contribution in [0.2, 0.25) is 0 Å². The van der Waals surface area contributed by atoms with E-state index in [2.05, 4.69) is 24.3 Å². The van der Waals surface area contributed by atoms with E-state index < -0.39 is 0 Å². The average Bonchev–Trinajstić information content (AvgIpc) is 2.52. The molecular weight excluding hydrogens is 186 g/mol. The summed E-state index contributed by atoms with van der Waals surface area (Å²) in [6, 6.07) is 10.3. The van der Waals surface area contributed by atoms with Gasteiger partial charge in [0.05, 0.1) is 6.07 Å². The van der Waals surface area contributed by atoms with Crippen molar-refractivity contribution in [3.63, 3.8) is 0 Å². The molecule has 0 atom stereocenters.